The summed E-state index contributed by atoms with van der Waals surface area (Å²) >= 11 is 1.19. The SMILES string of the molecule is CCOC(=O)C1=C(C)N=c2s/c(=C/c3ccc(-c4ccc([N+](=O)[O-])cc4C)o3)c(=O)n2[C@H]1c1ccc(C)c(OC)c1. The van der Waals surface area contributed by atoms with Gasteiger partial charge in [-0.2, -0.15) is 0 Å². The third-order valence-electron chi connectivity index (χ3n) is 6.85. The maximum atomic E-state index is 13.9. The molecule has 1 aliphatic rings. The number of carbonyl (C=O) groups excluding carboxylic acids is 1. The first-order chi connectivity index (χ1) is 19.6. The molecular formula is C30H27N3O7S. The van der Waals surface area contributed by atoms with Crippen LogP contribution in [0, 0.1) is 24.0 Å². The minimum atomic E-state index is -0.767. The summed E-state index contributed by atoms with van der Waals surface area (Å²) in [6.45, 7) is 7.32. The number of hydrogen-bond acceptors (Lipinski definition) is 9. The smallest absolute Gasteiger partial charge is 0.338 e. The second-order valence-corrected chi connectivity index (χ2v) is 10.5. The predicted octanol–water partition coefficient (Wildman–Crippen LogP) is 4.59. The van der Waals surface area contributed by atoms with Crippen molar-refractivity contribution in [2.24, 2.45) is 4.99 Å². The van der Waals surface area contributed by atoms with Crippen LogP contribution in [-0.2, 0) is 9.53 Å². The molecule has 0 saturated heterocycles. The van der Waals surface area contributed by atoms with Gasteiger partial charge in [0.1, 0.15) is 17.3 Å². The number of non-ortho nitro benzene ring substituents is 1. The molecule has 3 heterocycles. The zero-order valence-electron chi connectivity index (χ0n) is 23.1. The Kier molecular flexibility index (Phi) is 7.46. The number of carbonyl (C=O) groups is 1. The van der Waals surface area contributed by atoms with Gasteiger partial charge in [-0.3, -0.25) is 19.5 Å². The van der Waals surface area contributed by atoms with Crippen molar-refractivity contribution >= 4 is 29.1 Å². The highest BCUT2D eigenvalue weighted by Crippen LogP contribution is 2.33. The first kappa shape index (κ1) is 27.8. The number of fused-ring (bicyclic) bond motifs is 1. The van der Waals surface area contributed by atoms with Gasteiger partial charge in [0.2, 0.25) is 0 Å². The Bertz CT molecular complexity index is 1910. The van der Waals surface area contributed by atoms with E-state index in [4.69, 9.17) is 13.9 Å². The summed E-state index contributed by atoms with van der Waals surface area (Å²) in [5, 5.41) is 11.1. The van der Waals surface area contributed by atoms with Crippen LogP contribution in [0.1, 0.15) is 42.3 Å². The maximum Gasteiger partial charge on any atom is 0.338 e. The van der Waals surface area contributed by atoms with E-state index in [-0.39, 0.29) is 23.4 Å². The van der Waals surface area contributed by atoms with Gasteiger partial charge in [-0.15, -0.1) is 0 Å². The highest BCUT2D eigenvalue weighted by Gasteiger charge is 2.33. The van der Waals surface area contributed by atoms with Gasteiger partial charge in [0, 0.05) is 23.8 Å². The number of furan rings is 1. The molecule has 1 atom stereocenters. The van der Waals surface area contributed by atoms with E-state index in [1.807, 2.05) is 25.1 Å². The summed E-state index contributed by atoms with van der Waals surface area (Å²) in [7, 11) is 1.57. The lowest BCUT2D eigenvalue weighted by molar-refractivity contribution is -0.384. The van der Waals surface area contributed by atoms with Crippen molar-refractivity contribution in [1.82, 2.24) is 4.57 Å². The summed E-state index contributed by atoms with van der Waals surface area (Å²) in [5.41, 5.74) is 3.41. The molecule has 11 heteroatoms. The van der Waals surface area contributed by atoms with Crippen LogP contribution in [0.3, 0.4) is 0 Å². The molecule has 0 radical (unpaired) electrons. The molecule has 0 N–H and O–H groups in total. The Hall–Kier alpha value is -4.77. The third kappa shape index (κ3) is 5.11. The Morgan fingerprint density at radius 3 is 2.61 bits per heavy atom. The van der Waals surface area contributed by atoms with Gasteiger partial charge in [0.05, 0.1) is 40.5 Å². The number of aryl methyl sites for hydroxylation is 2. The fourth-order valence-electron chi connectivity index (χ4n) is 4.86. The van der Waals surface area contributed by atoms with Crippen molar-refractivity contribution in [3.8, 4) is 17.1 Å². The van der Waals surface area contributed by atoms with Gasteiger partial charge in [0.15, 0.2) is 4.80 Å². The van der Waals surface area contributed by atoms with Crippen molar-refractivity contribution in [2.75, 3.05) is 13.7 Å². The quantitative estimate of drug-likeness (QED) is 0.180. The number of ether oxygens (including phenoxy) is 2. The molecule has 0 bridgehead atoms. The number of nitrogens with zero attached hydrogens (tertiary/aromatic N) is 3. The Morgan fingerprint density at radius 2 is 1.93 bits per heavy atom. The largest absolute Gasteiger partial charge is 0.496 e. The van der Waals surface area contributed by atoms with Crippen molar-refractivity contribution in [3.63, 3.8) is 0 Å². The summed E-state index contributed by atoms with van der Waals surface area (Å²) < 4.78 is 18.8. The van der Waals surface area contributed by atoms with E-state index in [1.54, 1.807) is 52.2 Å². The third-order valence-corrected chi connectivity index (χ3v) is 7.83. The number of nitro groups is 1. The summed E-state index contributed by atoms with van der Waals surface area (Å²) in [6.07, 6.45) is 1.63. The van der Waals surface area contributed by atoms with Crippen LogP contribution < -0.4 is 19.6 Å². The molecule has 1 aliphatic heterocycles. The number of allylic oxidation sites excluding steroid dienone is 1. The molecule has 4 aromatic rings. The molecule has 5 rings (SSSR count). The molecule has 2 aromatic heterocycles. The van der Waals surface area contributed by atoms with Crippen molar-refractivity contribution in [3.05, 3.63) is 112 Å². The van der Waals surface area contributed by atoms with E-state index >= 15 is 0 Å². The number of benzene rings is 2. The van der Waals surface area contributed by atoms with Gasteiger partial charge in [0.25, 0.3) is 11.2 Å². The first-order valence-electron chi connectivity index (χ1n) is 12.8. The maximum absolute atomic E-state index is 13.9. The Balaban J connectivity index is 1.63. The zero-order valence-corrected chi connectivity index (χ0v) is 23.9. The van der Waals surface area contributed by atoms with Crippen LogP contribution in [0.15, 0.2) is 74.0 Å². The lowest BCUT2D eigenvalue weighted by Gasteiger charge is -2.25. The van der Waals surface area contributed by atoms with Crippen LogP contribution in [0.4, 0.5) is 5.69 Å². The minimum Gasteiger partial charge on any atom is -0.496 e. The van der Waals surface area contributed by atoms with Crippen LogP contribution in [0.5, 0.6) is 5.75 Å². The number of nitro benzene ring substituents is 1. The molecule has 210 valence electrons. The number of hydrogen-bond donors (Lipinski definition) is 0. The van der Waals surface area contributed by atoms with Crippen molar-refractivity contribution < 1.29 is 23.6 Å². The number of rotatable bonds is 7. The molecule has 0 spiro atoms. The topological polar surface area (TPSA) is 126 Å². The molecule has 0 saturated carbocycles. The second-order valence-electron chi connectivity index (χ2n) is 9.49. The van der Waals surface area contributed by atoms with Gasteiger partial charge < -0.3 is 13.9 Å². The molecule has 0 fully saturated rings. The van der Waals surface area contributed by atoms with Gasteiger partial charge >= 0.3 is 5.97 Å². The van der Waals surface area contributed by atoms with Crippen LogP contribution in [-0.4, -0.2) is 29.2 Å². The molecule has 0 unspecified atom stereocenters. The number of thiazole rings is 1. The van der Waals surface area contributed by atoms with Gasteiger partial charge in [-0.05, 0) is 68.7 Å². The summed E-state index contributed by atoms with van der Waals surface area (Å²) in [4.78, 5) is 42.7. The predicted molar refractivity (Wildman–Crippen MR) is 154 cm³/mol. The fraction of sp³-hybridized carbons (Fsp3) is 0.233. The van der Waals surface area contributed by atoms with Crippen LogP contribution in [0.25, 0.3) is 17.4 Å². The average Bonchev–Trinajstić information content (AvgIpc) is 3.52. The normalized spacial score (nSPS) is 15.0. The van der Waals surface area contributed by atoms with Gasteiger partial charge in [-0.25, -0.2) is 9.79 Å². The summed E-state index contributed by atoms with van der Waals surface area (Å²) in [5.74, 6) is 1.04. The van der Waals surface area contributed by atoms with E-state index in [0.29, 0.717) is 49.0 Å². The van der Waals surface area contributed by atoms with E-state index < -0.39 is 16.9 Å². The van der Waals surface area contributed by atoms with Crippen molar-refractivity contribution in [2.45, 2.75) is 33.7 Å². The first-order valence-corrected chi connectivity index (χ1v) is 13.6. The Morgan fingerprint density at radius 1 is 1.15 bits per heavy atom. The average molecular weight is 574 g/mol. The lowest BCUT2D eigenvalue weighted by atomic mass is 9.95. The lowest BCUT2D eigenvalue weighted by Crippen LogP contribution is -2.40. The molecular weight excluding hydrogens is 546 g/mol. The fourth-order valence-corrected chi connectivity index (χ4v) is 5.88. The standard InChI is InChI=1S/C30H27N3O7S/c1-6-39-29(35)26-18(4)31-30-32(27(26)19-8-7-16(2)24(14-19)38-5)28(34)25(41-30)15-21-10-12-23(40-21)22-11-9-20(33(36)37)13-17(22)3/h7-15,27H,6H2,1-5H3/b25-15+/t27-/m0/s1. The minimum absolute atomic E-state index is 0.00243. The van der Waals surface area contributed by atoms with Gasteiger partial charge in [-0.1, -0.05) is 23.5 Å². The number of methoxy groups -OCH3 is 1. The molecule has 0 amide bonds. The van der Waals surface area contributed by atoms with E-state index in [1.165, 1.54) is 28.0 Å². The monoisotopic (exact) mass is 573 g/mol. The Labute approximate surface area is 238 Å². The highest BCUT2D eigenvalue weighted by atomic mass is 32.1. The second kappa shape index (κ2) is 11.0. The van der Waals surface area contributed by atoms with Crippen molar-refractivity contribution in [1.29, 1.82) is 0 Å². The number of aromatic nitrogens is 1. The molecule has 0 aliphatic carbocycles. The molecule has 10 nitrogen and oxygen atoms in total. The van der Waals surface area contributed by atoms with E-state index in [9.17, 15) is 19.7 Å². The summed E-state index contributed by atoms with van der Waals surface area (Å²) in [6, 6.07) is 12.8. The molecule has 2 aromatic carbocycles. The number of esters is 1. The van der Waals surface area contributed by atoms with Crippen LogP contribution >= 0.6 is 11.3 Å². The highest BCUT2D eigenvalue weighted by molar-refractivity contribution is 7.07. The van der Waals surface area contributed by atoms with Crippen LogP contribution in [0.2, 0.25) is 0 Å². The van der Waals surface area contributed by atoms with E-state index in [2.05, 4.69) is 4.99 Å². The van der Waals surface area contributed by atoms with E-state index in [0.717, 1.165) is 5.56 Å². The zero-order chi connectivity index (χ0) is 29.4. The molecule has 41 heavy (non-hydrogen) atoms.